The molecule has 19 heavy (non-hydrogen) atoms. The molecule has 0 spiro atoms. The molecule has 0 amide bonds. The number of nitrogens with zero attached hydrogens (tertiary/aromatic N) is 2. The van der Waals surface area contributed by atoms with Gasteiger partial charge in [0, 0.05) is 0 Å². The van der Waals surface area contributed by atoms with E-state index in [4.69, 9.17) is 19.5 Å². The van der Waals surface area contributed by atoms with Crippen molar-refractivity contribution in [3.8, 4) is 0 Å². The van der Waals surface area contributed by atoms with Crippen molar-refractivity contribution in [2.24, 2.45) is 27.2 Å². The van der Waals surface area contributed by atoms with Crippen molar-refractivity contribution >= 4 is 11.8 Å². The SMILES string of the molecule is CC(C)[C@@H]1COC(C2(C3=N[C@H](C(C)C)CO3)CC2)=N1. The minimum atomic E-state index is -0.104. The lowest BCUT2D eigenvalue weighted by molar-refractivity contribution is 0.262. The topological polar surface area (TPSA) is 43.2 Å². The predicted molar refractivity (Wildman–Crippen MR) is 75.7 cm³/mol. The molecule has 0 aromatic rings. The largest absolute Gasteiger partial charge is 0.478 e. The van der Waals surface area contributed by atoms with Gasteiger partial charge >= 0.3 is 0 Å². The average molecular weight is 264 g/mol. The summed E-state index contributed by atoms with van der Waals surface area (Å²) in [7, 11) is 0. The number of aliphatic imine (C=N–C) groups is 2. The van der Waals surface area contributed by atoms with Crippen LogP contribution in [0.25, 0.3) is 0 Å². The molecule has 0 aromatic heterocycles. The van der Waals surface area contributed by atoms with Gasteiger partial charge in [0.1, 0.15) is 18.6 Å². The van der Waals surface area contributed by atoms with Crippen molar-refractivity contribution in [1.29, 1.82) is 0 Å². The van der Waals surface area contributed by atoms with Crippen LogP contribution in [0, 0.1) is 17.3 Å². The van der Waals surface area contributed by atoms with Crippen LogP contribution < -0.4 is 0 Å². The van der Waals surface area contributed by atoms with Crippen LogP contribution in [-0.2, 0) is 9.47 Å². The summed E-state index contributed by atoms with van der Waals surface area (Å²) in [6.45, 7) is 10.2. The fourth-order valence-corrected chi connectivity index (χ4v) is 2.63. The Morgan fingerprint density at radius 3 is 1.58 bits per heavy atom. The summed E-state index contributed by atoms with van der Waals surface area (Å²) >= 11 is 0. The normalized spacial score (nSPS) is 32.1. The molecule has 2 heterocycles. The van der Waals surface area contributed by atoms with Crippen molar-refractivity contribution in [3.63, 3.8) is 0 Å². The third-order valence-electron chi connectivity index (χ3n) is 4.46. The van der Waals surface area contributed by atoms with E-state index in [1.807, 2.05) is 0 Å². The van der Waals surface area contributed by atoms with Crippen LogP contribution in [0.5, 0.6) is 0 Å². The van der Waals surface area contributed by atoms with Gasteiger partial charge in [-0.15, -0.1) is 0 Å². The Labute approximate surface area is 115 Å². The first-order valence-electron chi connectivity index (χ1n) is 7.45. The second kappa shape index (κ2) is 4.50. The van der Waals surface area contributed by atoms with Gasteiger partial charge in [0.25, 0.3) is 0 Å². The van der Waals surface area contributed by atoms with Crippen LogP contribution in [0.1, 0.15) is 40.5 Å². The zero-order valence-corrected chi connectivity index (χ0v) is 12.3. The first kappa shape index (κ1) is 12.9. The Hall–Kier alpha value is -1.06. The Morgan fingerprint density at radius 2 is 1.32 bits per heavy atom. The maximum atomic E-state index is 5.85. The van der Waals surface area contributed by atoms with Gasteiger partial charge < -0.3 is 9.47 Å². The Kier molecular flexibility index (Phi) is 3.06. The summed E-state index contributed by atoms with van der Waals surface area (Å²) in [6.07, 6.45) is 2.14. The zero-order chi connectivity index (χ0) is 13.6. The molecule has 4 heteroatoms. The third-order valence-corrected chi connectivity index (χ3v) is 4.46. The Balaban J connectivity index is 1.78. The molecule has 0 saturated heterocycles. The highest BCUT2D eigenvalue weighted by molar-refractivity contribution is 6.09. The van der Waals surface area contributed by atoms with Gasteiger partial charge in [-0.05, 0) is 24.7 Å². The quantitative estimate of drug-likeness (QED) is 0.783. The van der Waals surface area contributed by atoms with Crippen LogP contribution in [0.3, 0.4) is 0 Å². The summed E-state index contributed by atoms with van der Waals surface area (Å²) in [5.41, 5.74) is -0.104. The van der Waals surface area contributed by atoms with Gasteiger partial charge in [-0.3, -0.25) is 0 Å². The highest BCUT2D eigenvalue weighted by atomic mass is 16.5. The molecule has 0 N–H and O–H groups in total. The highest BCUT2D eigenvalue weighted by Gasteiger charge is 2.58. The first-order valence-corrected chi connectivity index (χ1v) is 7.45. The Morgan fingerprint density at radius 1 is 0.895 bits per heavy atom. The lowest BCUT2D eigenvalue weighted by Crippen LogP contribution is -2.26. The average Bonchev–Trinajstić information content (AvgIpc) is 2.85. The molecule has 1 fully saturated rings. The van der Waals surface area contributed by atoms with Gasteiger partial charge in [-0.2, -0.15) is 0 Å². The Bertz CT molecular complexity index is 386. The molecule has 1 aliphatic carbocycles. The molecule has 3 aliphatic rings. The molecule has 0 radical (unpaired) electrons. The summed E-state index contributed by atoms with van der Waals surface area (Å²) in [4.78, 5) is 9.54. The number of ether oxygens (including phenoxy) is 2. The fourth-order valence-electron chi connectivity index (χ4n) is 2.63. The standard InChI is InChI=1S/C15H24N2O2/c1-9(2)11-7-18-13(16-11)15(5-6-15)14-17-12(8-19-14)10(3)4/h9-12H,5-8H2,1-4H3/t11-,12-/m0/s1. The van der Waals surface area contributed by atoms with E-state index < -0.39 is 0 Å². The molecule has 0 aromatic carbocycles. The molecule has 2 aliphatic heterocycles. The van der Waals surface area contributed by atoms with E-state index >= 15 is 0 Å². The lowest BCUT2D eigenvalue weighted by atomic mass is 10.1. The van der Waals surface area contributed by atoms with E-state index in [-0.39, 0.29) is 5.41 Å². The monoisotopic (exact) mass is 264 g/mol. The molecule has 0 bridgehead atoms. The minimum absolute atomic E-state index is 0.104. The van der Waals surface area contributed by atoms with Crippen LogP contribution in [0.4, 0.5) is 0 Å². The number of hydrogen-bond acceptors (Lipinski definition) is 4. The molecule has 2 atom stereocenters. The van der Waals surface area contributed by atoms with E-state index in [0.717, 1.165) is 37.9 Å². The molecule has 106 valence electrons. The smallest absolute Gasteiger partial charge is 0.199 e. The first-order chi connectivity index (χ1) is 9.03. The van der Waals surface area contributed by atoms with Gasteiger partial charge in [0.2, 0.25) is 0 Å². The van der Waals surface area contributed by atoms with E-state index in [1.54, 1.807) is 0 Å². The van der Waals surface area contributed by atoms with Crippen molar-refractivity contribution in [2.75, 3.05) is 13.2 Å². The maximum Gasteiger partial charge on any atom is 0.199 e. The van der Waals surface area contributed by atoms with Gasteiger partial charge in [-0.1, -0.05) is 27.7 Å². The lowest BCUT2D eigenvalue weighted by Gasteiger charge is -2.13. The zero-order valence-electron chi connectivity index (χ0n) is 12.3. The highest BCUT2D eigenvalue weighted by Crippen LogP contribution is 2.51. The van der Waals surface area contributed by atoms with Crippen LogP contribution in [0.15, 0.2) is 9.98 Å². The van der Waals surface area contributed by atoms with Crippen molar-refractivity contribution in [1.82, 2.24) is 0 Å². The summed E-state index contributed by atoms with van der Waals surface area (Å²) in [6, 6.07) is 0.603. The number of hydrogen-bond donors (Lipinski definition) is 0. The second-order valence-electron chi connectivity index (χ2n) is 6.70. The minimum Gasteiger partial charge on any atom is -0.478 e. The van der Waals surface area contributed by atoms with Crippen molar-refractivity contribution in [3.05, 3.63) is 0 Å². The van der Waals surface area contributed by atoms with E-state index in [0.29, 0.717) is 23.9 Å². The molecular formula is C15H24N2O2. The van der Waals surface area contributed by atoms with Crippen LogP contribution >= 0.6 is 0 Å². The summed E-state index contributed by atoms with van der Waals surface area (Å²) < 4.78 is 11.7. The summed E-state index contributed by atoms with van der Waals surface area (Å²) in [5, 5.41) is 0. The van der Waals surface area contributed by atoms with Gasteiger partial charge in [0.15, 0.2) is 11.8 Å². The van der Waals surface area contributed by atoms with E-state index in [9.17, 15) is 0 Å². The fraction of sp³-hybridized carbons (Fsp3) is 0.867. The van der Waals surface area contributed by atoms with Gasteiger partial charge in [0.05, 0.1) is 12.1 Å². The van der Waals surface area contributed by atoms with E-state index in [2.05, 4.69) is 27.7 Å². The second-order valence-corrected chi connectivity index (χ2v) is 6.70. The predicted octanol–water partition coefficient (Wildman–Crippen LogP) is 2.67. The molecule has 1 saturated carbocycles. The van der Waals surface area contributed by atoms with Crippen molar-refractivity contribution in [2.45, 2.75) is 52.6 Å². The van der Waals surface area contributed by atoms with Crippen LogP contribution in [0.2, 0.25) is 0 Å². The summed E-state index contributed by atoms with van der Waals surface area (Å²) in [5.74, 6) is 2.83. The number of rotatable bonds is 4. The molecule has 0 unspecified atom stereocenters. The molecule has 3 rings (SSSR count). The van der Waals surface area contributed by atoms with Crippen molar-refractivity contribution < 1.29 is 9.47 Å². The molecule has 4 nitrogen and oxygen atoms in total. The maximum absolute atomic E-state index is 5.85. The van der Waals surface area contributed by atoms with Gasteiger partial charge in [-0.25, -0.2) is 9.98 Å². The third kappa shape index (κ3) is 2.15. The van der Waals surface area contributed by atoms with Crippen LogP contribution in [-0.4, -0.2) is 37.1 Å². The molecular weight excluding hydrogens is 240 g/mol. The van der Waals surface area contributed by atoms with E-state index in [1.165, 1.54) is 0 Å².